The fourth-order valence-corrected chi connectivity index (χ4v) is 3.82. The molecule has 1 atom stereocenters. The highest BCUT2D eigenvalue weighted by molar-refractivity contribution is 5.97. The smallest absolute Gasteiger partial charge is 0.251 e. The van der Waals surface area contributed by atoms with Crippen LogP contribution in [-0.2, 0) is 14.3 Å². The van der Waals surface area contributed by atoms with Crippen LogP contribution in [-0.4, -0.2) is 73.5 Å². The lowest BCUT2D eigenvalue weighted by Gasteiger charge is -2.37. The Balaban J connectivity index is 2.14. The van der Waals surface area contributed by atoms with Gasteiger partial charge in [-0.3, -0.25) is 14.4 Å². The number of benzene rings is 1. The zero-order valence-corrected chi connectivity index (χ0v) is 17.9. The number of carbonyl (C=O) groups excluding carboxylic acids is 3. The van der Waals surface area contributed by atoms with E-state index in [4.69, 9.17) is 4.74 Å². The number of methoxy groups -OCH3 is 1. The third-order valence-corrected chi connectivity index (χ3v) is 5.54. The molecule has 1 heterocycles. The van der Waals surface area contributed by atoms with Gasteiger partial charge in [0.05, 0.1) is 0 Å². The van der Waals surface area contributed by atoms with Gasteiger partial charge in [-0.25, -0.2) is 0 Å². The van der Waals surface area contributed by atoms with Crippen molar-refractivity contribution in [1.82, 2.24) is 15.1 Å². The summed E-state index contributed by atoms with van der Waals surface area (Å²) in [7, 11) is 1.50. The molecule has 0 radical (unpaired) electrons. The van der Waals surface area contributed by atoms with Crippen LogP contribution in [0.3, 0.4) is 0 Å². The van der Waals surface area contributed by atoms with Crippen molar-refractivity contribution >= 4 is 17.7 Å². The summed E-state index contributed by atoms with van der Waals surface area (Å²) in [6.07, 6.45) is 1.34. The van der Waals surface area contributed by atoms with Crippen LogP contribution in [0.5, 0.6) is 0 Å². The maximum Gasteiger partial charge on any atom is 0.251 e. The summed E-state index contributed by atoms with van der Waals surface area (Å²) in [4.78, 5) is 41.6. The van der Waals surface area contributed by atoms with Crippen LogP contribution in [0.1, 0.15) is 42.6 Å². The van der Waals surface area contributed by atoms with E-state index in [1.807, 2.05) is 39.0 Å². The topological polar surface area (TPSA) is 79.0 Å². The number of nitrogens with one attached hydrogen (secondary N) is 1. The molecule has 1 N–H and O–H groups in total. The molecule has 3 amide bonds. The van der Waals surface area contributed by atoms with E-state index in [2.05, 4.69) is 5.32 Å². The molecule has 2 rings (SSSR count). The number of hydrogen-bond acceptors (Lipinski definition) is 4. The van der Waals surface area contributed by atoms with Gasteiger partial charge >= 0.3 is 0 Å². The van der Waals surface area contributed by atoms with Crippen molar-refractivity contribution in [3.8, 4) is 0 Å². The van der Waals surface area contributed by atoms with Gasteiger partial charge in [-0.15, -0.1) is 0 Å². The Bertz CT molecular complexity index is 710. The van der Waals surface area contributed by atoms with Crippen LogP contribution in [0.4, 0.5) is 0 Å². The Morgan fingerprint density at radius 1 is 1.21 bits per heavy atom. The van der Waals surface area contributed by atoms with Crippen molar-refractivity contribution < 1.29 is 19.1 Å². The van der Waals surface area contributed by atoms with E-state index < -0.39 is 6.04 Å². The van der Waals surface area contributed by atoms with Gasteiger partial charge in [0, 0.05) is 38.9 Å². The fraction of sp³-hybridized carbons (Fsp3) is 0.591. The Hall–Kier alpha value is -2.41. The van der Waals surface area contributed by atoms with Gasteiger partial charge in [0.25, 0.3) is 5.91 Å². The van der Waals surface area contributed by atoms with Gasteiger partial charge in [-0.05, 0) is 51.7 Å². The number of rotatable bonds is 8. The Morgan fingerprint density at radius 2 is 1.86 bits per heavy atom. The molecule has 1 fully saturated rings. The van der Waals surface area contributed by atoms with Crippen molar-refractivity contribution in [2.45, 2.75) is 39.7 Å². The first-order valence-corrected chi connectivity index (χ1v) is 10.3. The quantitative estimate of drug-likeness (QED) is 0.718. The SMILES string of the molecule is CCN(CC)C(=O)[C@@H](NC(=O)c1cccc(C)c1)C1CCN(C(=O)COC)CC1. The first-order valence-electron chi connectivity index (χ1n) is 10.3. The molecule has 1 aromatic carbocycles. The second-order valence-corrected chi connectivity index (χ2v) is 7.48. The maximum atomic E-state index is 13.2. The molecule has 1 aromatic rings. The number of aryl methyl sites for hydroxylation is 1. The molecule has 0 aromatic heterocycles. The molecule has 0 spiro atoms. The Morgan fingerprint density at radius 3 is 2.41 bits per heavy atom. The lowest BCUT2D eigenvalue weighted by molar-refractivity contribution is -0.138. The number of hydrogen-bond donors (Lipinski definition) is 1. The molecule has 1 saturated heterocycles. The Kier molecular flexibility index (Phi) is 8.64. The van der Waals surface area contributed by atoms with Crippen LogP contribution in [0.25, 0.3) is 0 Å². The lowest BCUT2D eigenvalue weighted by atomic mass is 9.88. The lowest BCUT2D eigenvalue weighted by Crippen LogP contribution is -2.55. The summed E-state index contributed by atoms with van der Waals surface area (Å²) in [6, 6.07) is 6.75. The molecular weight excluding hydrogens is 370 g/mol. The van der Waals surface area contributed by atoms with Crippen molar-refractivity contribution in [1.29, 1.82) is 0 Å². The first-order chi connectivity index (χ1) is 13.9. The van der Waals surface area contributed by atoms with E-state index in [9.17, 15) is 14.4 Å². The van der Waals surface area contributed by atoms with E-state index in [1.54, 1.807) is 15.9 Å². The highest BCUT2D eigenvalue weighted by Crippen LogP contribution is 2.23. The van der Waals surface area contributed by atoms with E-state index in [0.29, 0.717) is 44.6 Å². The minimum absolute atomic E-state index is 0.0107. The largest absolute Gasteiger partial charge is 0.375 e. The second-order valence-electron chi connectivity index (χ2n) is 7.48. The molecule has 7 heteroatoms. The Labute approximate surface area is 173 Å². The summed E-state index contributed by atoms with van der Waals surface area (Å²) < 4.78 is 4.93. The zero-order chi connectivity index (χ0) is 21.4. The molecule has 7 nitrogen and oxygen atoms in total. The zero-order valence-electron chi connectivity index (χ0n) is 17.9. The average Bonchev–Trinajstić information content (AvgIpc) is 2.73. The van der Waals surface area contributed by atoms with Gasteiger partial charge in [0.2, 0.25) is 11.8 Å². The molecule has 29 heavy (non-hydrogen) atoms. The molecule has 1 aliphatic rings. The normalized spacial score (nSPS) is 15.7. The van der Waals surface area contributed by atoms with Gasteiger partial charge in [-0.1, -0.05) is 17.7 Å². The molecule has 0 aliphatic carbocycles. The van der Waals surface area contributed by atoms with Crippen LogP contribution >= 0.6 is 0 Å². The summed E-state index contributed by atoms with van der Waals surface area (Å²) >= 11 is 0. The third kappa shape index (κ3) is 6.03. The molecule has 0 saturated carbocycles. The van der Waals surface area contributed by atoms with E-state index in [-0.39, 0.29) is 30.2 Å². The molecule has 0 bridgehead atoms. The summed E-state index contributed by atoms with van der Waals surface area (Å²) in [6.45, 7) is 8.19. The first kappa shape index (κ1) is 22.9. The van der Waals surface area contributed by atoms with Crippen molar-refractivity contribution in [2.75, 3.05) is 39.9 Å². The van der Waals surface area contributed by atoms with E-state index in [1.165, 1.54) is 7.11 Å². The fourth-order valence-electron chi connectivity index (χ4n) is 3.82. The third-order valence-electron chi connectivity index (χ3n) is 5.54. The van der Waals surface area contributed by atoms with Crippen LogP contribution < -0.4 is 5.32 Å². The number of carbonyl (C=O) groups is 3. The van der Waals surface area contributed by atoms with Crippen LogP contribution in [0.15, 0.2) is 24.3 Å². The van der Waals surface area contributed by atoms with E-state index >= 15 is 0 Å². The molecule has 1 aliphatic heterocycles. The summed E-state index contributed by atoms with van der Waals surface area (Å²) in [5.74, 6) is -0.348. The highest BCUT2D eigenvalue weighted by atomic mass is 16.5. The summed E-state index contributed by atoms with van der Waals surface area (Å²) in [5.41, 5.74) is 1.55. The van der Waals surface area contributed by atoms with Gasteiger partial charge in [-0.2, -0.15) is 0 Å². The summed E-state index contributed by atoms with van der Waals surface area (Å²) in [5, 5.41) is 2.99. The van der Waals surface area contributed by atoms with Gasteiger partial charge < -0.3 is 19.9 Å². The number of amides is 3. The minimum Gasteiger partial charge on any atom is -0.375 e. The van der Waals surface area contributed by atoms with Crippen molar-refractivity contribution in [2.24, 2.45) is 5.92 Å². The molecular formula is C22H33N3O4. The maximum absolute atomic E-state index is 13.2. The number of likely N-dealkylation sites (N-methyl/N-ethyl adjacent to an activating group) is 1. The second kappa shape index (κ2) is 11.0. The molecule has 160 valence electrons. The monoisotopic (exact) mass is 403 g/mol. The highest BCUT2D eigenvalue weighted by Gasteiger charge is 2.35. The van der Waals surface area contributed by atoms with Gasteiger partial charge in [0.1, 0.15) is 12.6 Å². The number of nitrogens with zero attached hydrogens (tertiary/aromatic N) is 2. The number of ether oxygens (including phenoxy) is 1. The van der Waals surface area contributed by atoms with Gasteiger partial charge in [0.15, 0.2) is 0 Å². The van der Waals surface area contributed by atoms with Crippen molar-refractivity contribution in [3.63, 3.8) is 0 Å². The predicted octanol–water partition coefficient (Wildman–Crippen LogP) is 1.85. The van der Waals surface area contributed by atoms with Crippen LogP contribution in [0, 0.1) is 12.8 Å². The minimum atomic E-state index is -0.595. The molecule has 0 unspecified atom stereocenters. The standard InChI is InChI=1S/C22H33N3O4/c1-5-24(6-2)22(28)20(23-21(27)18-9-7-8-16(3)14-18)17-10-12-25(13-11-17)19(26)15-29-4/h7-9,14,17,20H,5-6,10-13,15H2,1-4H3,(H,23,27)/t20-/m0/s1. The average molecular weight is 404 g/mol. The predicted molar refractivity (Wildman–Crippen MR) is 112 cm³/mol. The van der Waals surface area contributed by atoms with Crippen LogP contribution in [0.2, 0.25) is 0 Å². The van der Waals surface area contributed by atoms with Crippen molar-refractivity contribution in [3.05, 3.63) is 35.4 Å². The number of piperidine rings is 1. The van der Waals surface area contributed by atoms with E-state index in [0.717, 1.165) is 5.56 Å². The number of likely N-dealkylation sites (tertiary alicyclic amines) is 1.